The summed E-state index contributed by atoms with van der Waals surface area (Å²) in [6.45, 7) is 10.6. The number of hydrogen-bond donors (Lipinski definition) is 3. The Morgan fingerprint density at radius 1 is 0.615 bits per heavy atom. The van der Waals surface area contributed by atoms with Gasteiger partial charge in [-0.2, -0.15) is 0 Å². The Morgan fingerprint density at radius 2 is 1.00 bits per heavy atom. The van der Waals surface area contributed by atoms with Crippen LogP contribution in [0, 0.1) is 0 Å². The quantitative estimate of drug-likeness (QED) is 0.0253. The predicted molar refractivity (Wildman–Crippen MR) is 227 cm³/mol. The molecule has 0 saturated heterocycles. The Kier molecular flexibility index (Phi) is 34.3. The van der Waals surface area contributed by atoms with Crippen LogP contribution in [-0.2, 0) is 14.4 Å². The van der Waals surface area contributed by atoms with Crippen molar-refractivity contribution >= 4 is 39.3 Å². The Hall–Kier alpha value is -2.17. The molecule has 2 unspecified atom stereocenters. The number of nitrogens with one attached hydrogen (secondary N) is 2. The lowest BCUT2D eigenvalue weighted by molar-refractivity contribution is -0.127. The first-order valence-corrected chi connectivity index (χ1v) is 22.6. The van der Waals surface area contributed by atoms with Crippen LogP contribution >= 0.6 is 21.6 Å². The van der Waals surface area contributed by atoms with Crippen LogP contribution in [-0.4, -0.2) is 76.5 Å². The van der Waals surface area contributed by atoms with Gasteiger partial charge in [-0.05, 0) is 51.1 Å². The summed E-state index contributed by atoms with van der Waals surface area (Å²) in [5.41, 5.74) is 0. The molecule has 0 aromatic carbocycles. The molecule has 0 aromatic heterocycles. The summed E-state index contributed by atoms with van der Waals surface area (Å²) in [5.74, 6) is 1.97. The maximum absolute atomic E-state index is 12.2. The summed E-state index contributed by atoms with van der Waals surface area (Å²) in [4.78, 5) is 39.4. The van der Waals surface area contributed by atoms with Crippen molar-refractivity contribution in [2.24, 2.45) is 0 Å². The van der Waals surface area contributed by atoms with Crippen LogP contribution in [0.3, 0.4) is 0 Å². The highest BCUT2D eigenvalue weighted by atomic mass is 33.1. The molecule has 0 aliphatic rings. The number of carbonyl (C=O) groups is 3. The fraction of sp³-hybridized carbons (Fsp3) is 0.738. The topological polar surface area (TPSA) is 102 Å². The summed E-state index contributed by atoms with van der Waals surface area (Å²) in [6, 6.07) is 0.351. The summed E-state index contributed by atoms with van der Waals surface area (Å²) in [5, 5.41) is 16.5. The van der Waals surface area contributed by atoms with Gasteiger partial charge >= 0.3 is 0 Å². The molecule has 0 aliphatic heterocycles. The zero-order valence-corrected chi connectivity index (χ0v) is 35.1. The number of aliphatic hydroxyl groups excluding tert-OH is 1. The zero-order valence-electron chi connectivity index (χ0n) is 33.5. The van der Waals surface area contributed by atoms with Gasteiger partial charge in [0.2, 0.25) is 17.7 Å². The molecule has 0 fully saturated rings. The van der Waals surface area contributed by atoms with Crippen LogP contribution in [0.1, 0.15) is 155 Å². The molecule has 10 heteroatoms. The van der Waals surface area contributed by atoms with Crippen molar-refractivity contribution in [1.29, 1.82) is 0 Å². The number of carbonyl (C=O) groups excluding carboxylic acids is 3. The van der Waals surface area contributed by atoms with Gasteiger partial charge in [-0.1, -0.05) is 136 Å². The number of allylic oxidation sites excluding steroid dienone is 4. The van der Waals surface area contributed by atoms with Crippen molar-refractivity contribution in [2.45, 2.75) is 173 Å². The van der Waals surface area contributed by atoms with E-state index in [9.17, 15) is 19.5 Å². The minimum Gasteiger partial charge on any atom is -0.374 e. The summed E-state index contributed by atoms with van der Waals surface area (Å²) in [7, 11) is 7.33. The Morgan fingerprint density at radius 3 is 1.42 bits per heavy atom. The van der Waals surface area contributed by atoms with Crippen molar-refractivity contribution < 1.29 is 19.5 Å². The van der Waals surface area contributed by atoms with Gasteiger partial charge in [0.25, 0.3) is 0 Å². The normalized spacial score (nSPS) is 13.2. The van der Waals surface area contributed by atoms with Crippen molar-refractivity contribution in [3.05, 3.63) is 49.9 Å². The Bertz CT molecular complexity index is 993. The molecule has 0 saturated carbocycles. The zero-order chi connectivity index (χ0) is 38.7. The second-order valence-electron chi connectivity index (χ2n) is 14.1. The van der Waals surface area contributed by atoms with Crippen LogP contribution in [0.2, 0.25) is 0 Å². The van der Waals surface area contributed by atoms with Crippen LogP contribution in [0.4, 0.5) is 0 Å². The van der Waals surface area contributed by atoms with Gasteiger partial charge in [0, 0.05) is 64.2 Å². The Labute approximate surface area is 326 Å². The molecule has 0 heterocycles. The number of nitrogens with zero attached hydrogens (tertiary/aromatic N) is 2. The van der Waals surface area contributed by atoms with E-state index in [1.54, 1.807) is 40.3 Å². The third-order valence-corrected chi connectivity index (χ3v) is 11.6. The van der Waals surface area contributed by atoms with Gasteiger partial charge in [0.1, 0.15) is 6.23 Å². The maximum Gasteiger partial charge on any atom is 0.226 e. The van der Waals surface area contributed by atoms with Gasteiger partial charge in [0.15, 0.2) is 0 Å². The van der Waals surface area contributed by atoms with Gasteiger partial charge in [-0.25, -0.2) is 0 Å². The molecule has 52 heavy (non-hydrogen) atoms. The van der Waals surface area contributed by atoms with Gasteiger partial charge in [-0.3, -0.25) is 14.4 Å². The van der Waals surface area contributed by atoms with E-state index >= 15 is 0 Å². The first kappa shape index (κ1) is 49.8. The molecule has 0 aromatic rings. The number of rotatable bonds is 36. The SMILES string of the molecule is C=CC/C=C/N(C)C(=O)CCCCCCCCCCC(CSSC[C@@H](CCCCCCCCCCC(O)N(C)/C=C/CC=C)NC(C)=O)NC(C)=O. The minimum atomic E-state index is -0.421. The molecule has 300 valence electrons. The number of aliphatic hydroxyl groups is 1. The van der Waals surface area contributed by atoms with Crippen molar-refractivity contribution in [3.63, 3.8) is 0 Å². The second kappa shape index (κ2) is 35.8. The standard InChI is InChI=1S/C42H76N4O4S2/c1-7-9-27-33-45(5)41(49)31-25-21-17-13-11-15-19-23-29-39(43-37(3)47)35-51-52-36-40(44-38(4)48)30-24-20-16-12-14-18-22-26-32-42(50)46(6)34-28-10-8-2/h7-8,27-28,33-34,39-41,49H,1-2,9-26,29-32,35-36H2,3-6H3,(H,43,47)(H,44,48)/b33-27+,34-28+/t39-,40?,41?/m1/s1. The van der Waals surface area contributed by atoms with E-state index < -0.39 is 6.23 Å². The van der Waals surface area contributed by atoms with Crippen LogP contribution in [0.25, 0.3) is 0 Å². The second-order valence-corrected chi connectivity index (χ2v) is 16.7. The lowest BCUT2D eigenvalue weighted by Gasteiger charge is -2.21. The number of amides is 3. The summed E-state index contributed by atoms with van der Waals surface area (Å²) >= 11 is 0. The fourth-order valence-corrected chi connectivity index (χ4v) is 8.52. The van der Waals surface area contributed by atoms with Crippen LogP contribution in [0.15, 0.2) is 49.9 Å². The summed E-state index contributed by atoms with van der Waals surface area (Å²) in [6.07, 6.45) is 34.5. The highest BCUT2D eigenvalue weighted by Gasteiger charge is 2.14. The van der Waals surface area contributed by atoms with Crippen LogP contribution in [0.5, 0.6) is 0 Å². The van der Waals surface area contributed by atoms with E-state index in [0.717, 1.165) is 82.1 Å². The maximum atomic E-state index is 12.2. The Balaban J connectivity index is 4.06. The smallest absolute Gasteiger partial charge is 0.226 e. The molecule has 8 nitrogen and oxygen atoms in total. The van der Waals surface area contributed by atoms with Gasteiger partial charge in [-0.15, -0.1) is 13.2 Å². The van der Waals surface area contributed by atoms with Crippen LogP contribution < -0.4 is 10.6 Å². The monoisotopic (exact) mass is 765 g/mol. The van der Waals surface area contributed by atoms with Crippen molar-refractivity contribution in [1.82, 2.24) is 20.4 Å². The van der Waals surface area contributed by atoms with Gasteiger partial charge in [0.05, 0.1) is 0 Å². The molecular formula is C42H76N4O4S2. The van der Waals surface area contributed by atoms with E-state index in [2.05, 4.69) is 23.8 Å². The third kappa shape index (κ3) is 32.5. The van der Waals surface area contributed by atoms with Gasteiger partial charge < -0.3 is 25.5 Å². The van der Waals surface area contributed by atoms with E-state index in [-0.39, 0.29) is 29.8 Å². The molecule has 3 amide bonds. The first-order chi connectivity index (χ1) is 25.1. The molecule has 0 spiro atoms. The molecule has 0 rings (SSSR count). The van der Waals surface area contributed by atoms with E-state index in [1.165, 1.54) is 64.2 Å². The molecule has 0 aliphatic carbocycles. The third-order valence-electron chi connectivity index (χ3n) is 9.03. The highest BCUT2D eigenvalue weighted by molar-refractivity contribution is 8.76. The van der Waals surface area contributed by atoms with Crippen molar-refractivity contribution in [3.8, 4) is 0 Å². The lowest BCUT2D eigenvalue weighted by atomic mass is 10.0. The van der Waals surface area contributed by atoms with E-state index in [4.69, 9.17) is 0 Å². The fourth-order valence-electron chi connectivity index (χ4n) is 5.94. The molecule has 0 bridgehead atoms. The molecule has 3 atom stereocenters. The van der Waals surface area contributed by atoms with E-state index in [0.29, 0.717) is 6.42 Å². The van der Waals surface area contributed by atoms with E-state index in [1.807, 2.05) is 55.7 Å². The molecule has 0 radical (unpaired) electrons. The molecule has 3 N–H and O–H groups in total. The summed E-state index contributed by atoms with van der Waals surface area (Å²) < 4.78 is 0. The average Bonchev–Trinajstić information content (AvgIpc) is 3.10. The predicted octanol–water partition coefficient (Wildman–Crippen LogP) is 10.1. The largest absolute Gasteiger partial charge is 0.374 e. The first-order valence-electron chi connectivity index (χ1n) is 20.1. The lowest BCUT2D eigenvalue weighted by Crippen LogP contribution is -2.35. The average molecular weight is 765 g/mol. The highest BCUT2D eigenvalue weighted by Crippen LogP contribution is 2.26. The number of hydrogen-bond acceptors (Lipinski definition) is 7. The van der Waals surface area contributed by atoms with Crippen molar-refractivity contribution in [2.75, 3.05) is 25.6 Å². The molecular weight excluding hydrogens is 689 g/mol. The number of unbranched alkanes of at least 4 members (excludes halogenated alkanes) is 14. The minimum absolute atomic E-state index is 0.0268.